The van der Waals surface area contributed by atoms with Gasteiger partial charge in [-0.05, 0) is 55.0 Å². The summed E-state index contributed by atoms with van der Waals surface area (Å²) in [6, 6.07) is 14.4. The molecule has 0 atom stereocenters. The van der Waals surface area contributed by atoms with Crippen molar-refractivity contribution in [3.63, 3.8) is 0 Å². The molecule has 28 heavy (non-hydrogen) atoms. The molecule has 2 aromatic carbocycles. The van der Waals surface area contributed by atoms with Crippen LogP contribution >= 0.6 is 0 Å². The molecule has 8 nitrogen and oxygen atoms in total. The van der Waals surface area contributed by atoms with Crippen LogP contribution in [0.1, 0.15) is 21.7 Å². The van der Waals surface area contributed by atoms with Gasteiger partial charge in [-0.15, -0.1) is 0 Å². The topological polar surface area (TPSA) is 103 Å². The monoisotopic (exact) mass is 377 g/mol. The summed E-state index contributed by atoms with van der Waals surface area (Å²) in [7, 11) is 1.59. The highest BCUT2D eigenvalue weighted by Crippen LogP contribution is 2.30. The molecule has 0 saturated carbocycles. The summed E-state index contributed by atoms with van der Waals surface area (Å²) in [6.45, 7) is 0.427. The number of ether oxygens (including phenoxy) is 1. The van der Waals surface area contributed by atoms with Crippen molar-refractivity contribution >= 4 is 17.3 Å². The molecule has 0 saturated heterocycles. The predicted molar refractivity (Wildman–Crippen MR) is 106 cm³/mol. The summed E-state index contributed by atoms with van der Waals surface area (Å²) in [5, 5.41) is 7.49. The number of fused-ring (bicyclic) bond motifs is 1. The van der Waals surface area contributed by atoms with Crippen LogP contribution in [0.3, 0.4) is 0 Å². The number of benzene rings is 2. The molecule has 0 unspecified atom stereocenters. The molecule has 2 N–H and O–H groups in total. The molecule has 4 rings (SSSR count). The number of methoxy groups -OCH3 is 1. The molecule has 0 radical (unpaired) electrons. The van der Waals surface area contributed by atoms with Crippen LogP contribution < -0.4 is 15.4 Å². The standard InChI is InChI=1S/C20H19N5O3/c1-28-16-8-6-15(7-9-16)25-19-17(18(23-25)12-22-27)10-11-24(20(19)26)14-4-2-13(21)3-5-14/h2-9H,10-12,21H2,1H3. The van der Waals surface area contributed by atoms with Crippen LogP contribution in [-0.2, 0) is 13.0 Å². The molecule has 1 aromatic heterocycles. The van der Waals surface area contributed by atoms with Gasteiger partial charge >= 0.3 is 0 Å². The van der Waals surface area contributed by atoms with Crippen molar-refractivity contribution in [2.75, 3.05) is 24.3 Å². The summed E-state index contributed by atoms with van der Waals surface area (Å²) >= 11 is 0. The highest BCUT2D eigenvalue weighted by Gasteiger charge is 2.33. The van der Waals surface area contributed by atoms with Crippen molar-refractivity contribution < 1.29 is 9.53 Å². The van der Waals surface area contributed by atoms with Gasteiger partial charge in [-0.1, -0.05) is 5.18 Å². The number of carbonyl (C=O) groups is 1. The van der Waals surface area contributed by atoms with Gasteiger partial charge in [0, 0.05) is 23.5 Å². The summed E-state index contributed by atoms with van der Waals surface area (Å²) in [6.07, 6.45) is 0.590. The lowest BCUT2D eigenvalue weighted by molar-refractivity contribution is 0.0973. The van der Waals surface area contributed by atoms with E-state index in [9.17, 15) is 9.70 Å². The number of nitroso groups, excluding NO2 is 1. The summed E-state index contributed by atoms with van der Waals surface area (Å²) in [5.41, 5.74) is 9.63. The smallest absolute Gasteiger partial charge is 0.277 e. The summed E-state index contributed by atoms with van der Waals surface area (Å²) < 4.78 is 6.78. The van der Waals surface area contributed by atoms with Crippen LogP contribution in [0.4, 0.5) is 11.4 Å². The van der Waals surface area contributed by atoms with Gasteiger partial charge in [0.05, 0.1) is 18.5 Å². The third-order valence-electron chi connectivity index (χ3n) is 4.84. The Morgan fingerprint density at radius 1 is 1.11 bits per heavy atom. The number of hydrogen-bond acceptors (Lipinski definition) is 6. The Morgan fingerprint density at radius 2 is 1.79 bits per heavy atom. The van der Waals surface area contributed by atoms with E-state index in [0.717, 1.165) is 11.3 Å². The number of nitrogens with two attached hydrogens (primary N) is 1. The van der Waals surface area contributed by atoms with Crippen molar-refractivity contribution in [2.45, 2.75) is 13.0 Å². The molecule has 2 heterocycles. The molecular weight excluding hydrogens is 358 g/mol. The quantitative estimate of drug-likeness (QED) is 0.544. The number of amides is 1. The second kappa shape index (κ2) is 7.15. The van der Waals surface area contributed by atoms with Crippen LogP contribution in [0.5, 0.6) is 5.75 Å². The van der Waals surface area contributed by atoms with E-state index in [1.54, 1.807) is 41.0 Å². The second-order valence-electron chi connectivity index (χ2n) is 6.47. The van der Waals surface area contributed by atoms with E-state index in [2.05, 4.69) is 10.3 Å². The lowest BCUT2D eigenvalue weighted by atomic mass is 10.0. The van der Waals surface area contributed by atoms with E-state index in [1.165, 1.54) is 0 Å². The molecule has 0 bridgehead atoms. The Morgan fingerprint density at radius 3 is 2.43 bits per heavy atom. The SMILES string of the molecule is COc1ccc(-n2nc(CN=O)c3c2C(=O)N(c2ccc(N)cc2)CC3)cc1. The van der Waals surface area contributed by atoms with Crippen LogP contribution in [0.15, 0.2) is 53.7 Å². The Balaban J connectivity index is 1.80. The Labute approximate surface area is 161 Å². The number of hydrogen-bond donors (Lipinski definition) is 1. The Bertz CT molecular complexity index is 1030. The minimum absolute atomic E-state index is 0.0688. The first-order valence-electron chi connectivity index (χ1n) is 8.84. The lowest BCUT2D eigenvalue weighted by Gasteiger charge is -2.28. The van der Waals surface area contributed by atoms with Gasteiger partial charge in [-0.3, -0.25) is 4.79 Å². The molecule has 8 heteroatoms. The molecular formula is C20H19N5O3. The first-order chi connectivity index (χ1) is 13.6. The van der Waals surface area contributed by atoms with Crippen molar-refractivity contribution in [3.8, 4) is 11.4 Å². The first kappa shape index (κ1) is 17.7. The Hall–Kier alpha value is -3.68. The third kappa shape index (κ3) is 2.98. The van der Waals surface area contributed by atoms with E-state index in [-0.39, 0.29) is 12.5 Å². The zero-order valence-electron chi connectivity index (χ0n) is 15.3. The minimum atomic E-state index is -0.175. The van der Waals surface area contributed by atoms with E-state index in [4.69, 9.17) is 10.5 Å². The van der Waals surface area contributed by atoms with E-state index in [0.29, 0.717) is 41.5 Å². The number of aromatic nitrogens is 2. The van der Waals surface area contributed by atoms with Crippen molar-refractivity contribution in [1.29, 1.82) is 0 Å². The van der Waals surface area contributed by atoms with Crippen molar-refractivity contribution in [3.05, 3.63) is 70.4 Å². The molecule has 1 aliphatic heterocycles. The van der Waals surface area contributed by atoms with Gasteiger partial charge in [0.1, 0.15) is 18.0 Å². The van der Waals surface area contributed by atoms with Crippen LogP contribution in [0.25, 0.3) is 5.69 Å². The number of anilines is 2. The molecule has 142 valence electrons. The lowest BCUT2D eigenvalue weighted by Crippen LogP contribution is -2.38. The highest BCUT2D eigenvalue weighted by atomic mass is 16.5. The van der Waals surface area contributed by atoms with Gasteiger partial charge in [-0.25, -0.2) is 4.68 Å². The minimum Gasteiger partial charge on any atom is -0.497 e. The maximum atomic E-state index is 13.3. The second-order valence-corrected chi connectivity index (χ2v) is 6.47. The maximum Gasteiger partial charge on any atom is 0.277 e. The van der Waals surface area contributed by atoms with Crippen molar-refractivity contribution in [2.24, 2.45) is 5.18 Å². The van der Waals surface area contributed by atoms with E-state index < -0.39 is 0 Å². The number of nitrogen functional groups attached to an aromatic ring is 1. The fourth-order valence-electron chi connectivity index (χ4n) is 3.43. The fourth-order valence-corrected chi connectivity index (χ4v) is 3.43. The predicted octanol–water partition coefficient (Wildman–Crippen LogP) is 2.93. The van der Waals surface area contributed by atoms with Crippen LogP contribution in [-0.4, -0.2) is 29.3 Å². The zero-order valence-corrected chi connectivity index (χ0v) is 15.3. The molecule has 0 spiro atoms. The fraction of sp³-hybridized carbons (Fsp3) is 0.200. The van der Waals surface area contributed by atoms with Gasteiger partial charge in [0.15, 0.2) is 0 Å². The average Bonchev–Trinajstić information content (AvgIpc) is 3.09. The molecule has 1 aliphatic rings. The van der Waals surface area contributed by atoms with Gasteiger partial charge in [0.25, 0.3) is 5.91 Å². The number of nitrogens with zero attached hydrogens (tertiary/aromatic N) is 4. The first-order valence-corrected chi connectivity index (χ1v) is 8.84. The molecule has 1 amide bonds. The summed E-state index contributed by atoms with van der Waals surface area (Å²) in [4.78, 5) is 25.9. The van der Waals surface area contributed by atoms with Crippen LogP contribution in [0.2, 0.25) is 0 Å². The number of rotatable bonds is 5. The maximum absolute atomic E-state index is 13.3. The van der Waals surface area contributed by atoms with E-state index >= 15 is 0 Å². The zero-order chi connectivity index (χ0) is 19.7. The van der Waals surface area contributed by atoms with Gasteiger partial charge in [-0.2, -0.15) is 10.0 Å². The van der Waals surface area contributed by atoms with Crippen LogP contribution in [0, 0.1) is 4.91 Å². The average molecular weight is 377 g/mol. The third-order valence-corrected chi connectivity index (χ3v) is 4.84. The van der Waals surface area contributed by atoms with Gasteiger partial charge < -0.3 is 15.4 Å². The molecule has 0 aliphatic carbocycles. The molecule has 0 fully saturated rings. The van der Waals surface area contributed by atoms with Gasteiger partial charge in [0.2, 0.25) is 0 Å². The largest absolute Gasteiger partial charge is 0.497 e. The Kier molecular flexibility index (Phi) is 4.52. The van der Waals surface area contributed by atoms with Crippen molar-refractivity contribution in [1.82, 2.24) is 9.78 Å². The number of carbonyl (C=O) groups excluding carboxylic acids is 1. The normalized spacial score (nSPS) is 13.3. The molecule has 3 aromatic rings. The van der Waals surface area contributed by atoms with E-state index in [1.807, 2.05) is 24.3 Å². The summed E-state index contributed by atoms with van der Waals surface area (Å²) in [5.74, 6) is 0.529. The highest BCUT2D eigenvalue weighted by molar-refractivity contribution is 6.07.